The first-order valence-electron chi connectivity index (χ1n) is 4.17. The van der Waals surface area contributed by atoms with Gasteiger partial charge in [0.05, 0.1) is 25.5 Å². The first-order valence-corrected chi connectivity index (χ1v) is 4.17. The summed E-state index contributed by atoms with van der Waals surface area (Å²) < 4.78 is 4.47. The van der Waals surface area contributed by atoms with Crippen LogP contribution >= 0.6 is 0 Å². The lowest BCUT2D eigenvalue weighted by molar-refractivity contribution is -0.145. The molecule has 0 unspecified atom stereocenters. The van der Waals surface area contributed by atoms with Crippen LogP contribution in [0.3, 0.4) is 0 Å². The maximum Gasteiger partial charge on any atom is 0.307 e. The fourth-order valence-electron chi connectivity index (χ4n) is 1.40. The molecule has 0 aromatic carbocycles. The van der Waals surface area contributed by atoms with E-state index in [0.717, 1.165) is 0 Å². The lowest BCUT2D eigenvalue weighted by Gasteiger charge is -2.35. The van der Waals surface area contributed by atoms with Gasteiger partial charge < -0.3 is 15.2 Å². The van der Waals surface area contributed by atoms with Crippen LogP contribution in [0.5, 0.6) is 0 Å². The monoisotopic (exact) mass is 187 g/mol. The lowest BCUT2D eigenvalue weighted by atomic mass is 9.86. The number of aliphatic hydroxyl groups excluding tert-OH is 1. The van der Waals surface area contributed by atoms with Crippen LogP contribution in [0.1, 0.15) is 12.8 Å². The smallest absolute Gasteiger partial charge is 0.307 e. The lowest BCUT2D eigenvalue weighted by Crippen LogP contribution is -2.59. The zero-order chi connectivity index (χ0) is 9.84. The molecule has 1 amide bonds. The van der Waals surface area contributed by atoms with Crippen molar-refractivity contribution in [3.8, 4) is 0 Å². The van der Waals surface area contributed by atoms with Gasteiger partial charge in [-0.15, -0.1) is 0 Å². The van der Waals surface area contributed by atoms with Crippen LogP contribution in [0, 0.1) is 5.92 Å². The highest BCUT2D eigenvalue weighted by molar-refractivity contribution is 5.87. The number of nitrogens with one attached hydrogen (secondary N) is 1. The van der Waals surface area contributed by atoms with Gasteiger partial charge in [0, 0.05) is 6.61 Å². The largest absolute Gasteiger partial charge is 0.469 e. The maximum absolute atomic E-state index is 10.9. The highest BCUT2D eigenvalue weighted by atomic mass is 16.5. The van der Waals surface area contributed by atoms with Crippen molar-refractivity contribution in [3.05, 3.63) is 0 Å². The van der Waals surface area contributed by atoms with Crippen LogP contribution in [-0.4, -0.2) is 36.7 Å². The number of aliphatic hydroxyl groups is 1. The van der Waals surface area contributed by atoms with E-state index in [1.807, 2.05) is 0 Å². The summed E-state index contributed by atoms with van der Waals surface area (Å²) in [6, 6.07) is -0.160. The molecule has 74 valence electrons. The van der Waals surface area contributed by atoms with E-state index in [2.05, 4.69) is 10.1 Å². The average molecular weight is 187 g/mol. The third-order valence-electron chi connectivity index (χ3n) is 2.20. The summed E-state index contributed by atoms with van der Waals surface area (Å²) >= 11 is 0. The summed E-state index contributed by atoms with van der Waals surface area (Å²) in [6.07, 6.45) is 0.598. The third kappa shape index (κ3) is 2.18. The second-order valence-corrected chi connectivity index (χ2v) is 3.01. The van der Waals surface area contributed by atoms with Crippen molar-refractivity contribution in [1.82, 2.24) is 5.32 Å². The summed E-state index contributed by atoms with van der Waals surface area (Å²) in [4.78, 5) is 21.8. The molecule has 2 N–H and O–H groups in total. The number of hydrogen-bond donors (Lipinski definition) is 2. The van der Waals surface area contributed by atoms with Gasteiger partial charge in [-0.2, -0.15) is 0 Å². The third-order valence-corrected chi connectivity index (χ3v) is 2.20. The SMILES string of the molecule is COC(=O)C[C@H]1NC(=O)[C@H]1CCO. The average Bonchev–Trinajstić information content (AvgIpc) is 2.13. The molecule has 2 atom stereocenters. The summed E-state index contributed by atoms with van der Waals surface area (Å²) in [5.74, 6) is -0.667. The number of β-lactam (4-membered cyclic amide) rings is 1. The summed E-state index contributed by atoms with van der Waals surface area (Å²) in [5, 5.41) is 11.2. The standard InChI is InChI=1S/C8H13NO4/c1-13-7(11)4-6-5(2-3-10)8(12)9-6/h5-6,10H,2-4H2,1H3,(H,9,12)/t5-,6+/m0/s1. The maximum atomic E-state index is 10.9. The van der Waals surface area contributed by atoms with Gasteiger partial charge in [-0.1, -0.05) is 0 Å². The molecule has 0 spiro atoms. The van der Waals surface area contributed by atoms with Gasteiger partial charge in [0.1, 0.15) is 0 Å². The Kier molecular flexibility index (Phi) is 3.25. The first kappa shape index (κ1) is 9.98. The second kappa shape index (κ2) is 4.23. The fraction of sp³-hybridized carbons (Fsp3) is 0.750. The molecule has 0 aliphatic carbocycles. The molecule has 1 fully saturated rings. The molecule has 13 heavy (non-hydrogen) atoms. The highest BCUT2D eigenvalue weighted by Gasteiger charge is 2.39. The van der Waals surface area contributed by atoms with Gasteiger partial charge in [-0.3, -0.25) is 9.59 Å². The molecule has 0 bridgehead atoms. The molecule has 0 aromatic rings. The molecule has 1 aliphatic heterocycles. The Balaban J connectivity index is 2.35. The number of carbonyl (C=O) groups is 2. The molecule has 0 saturated carbocycles. The fourth-order valence-corrected chi connectivity index (χ4v) is 1.40. The molecule has 0 radical (unpaired) electrons. The zero-order valence-electron chi connectivity index (χ0n) is 7.45. The minimum Gasteiger partial charge on any atom is -0.469 e. The predicted octanol–water partition coefficient (Wildman–Crippen LogP) is -0.953. The molecule has 1 rings (SSSR count). The molecule has 1 heterocycles. The van der Waals surface area contributed by atoms with Crippen LogP contribution in [0.2, 0.25) is 0 Å². The Labute approximate surface area is 76.1 Å². The highest BCUT2D eigenvalue weighted by Crippen LogP contribution is 2.21. The first-order chi connectivity index (χ1) is 6.19. The van der Waals surface area contributed by atoms with Crippen molar-refractivity contribution in [2.75, 3.05) is 13.7 Å². The van der Waals surface area contributed by atoms with Gasteiger partial charge >= 0.3 is 5.97 Å². The van der Waals surface area contributed by atoms with Crippen molar-refractivity contribution in [2.45, 2.75) is 18.9 Å². The normalized spacial score (nSPS) is 26.2. The van der Waals surface area contributed by atoms with E-state index in [0.29, 0.717) is 6.42 Å². The van der Waals surface area contributed by atoms with Crippen LogP contribution in [0.15, 0.2) is 0 Å². The number of esters is 1. The van der Waals surface area contributed by atoms with E-state index in [4.69, 9.17) is 5.11 Å². The van der Waals surface area contributed by atoms with E-state index in [9.17, 15) is 9.59 Å². The van der Waals surface area contributed by atoms with Crippen molar-refractivity contribution in [2.24, 2.45) is 5.92 Å². The summed E-state index contributed by atoms with van der Waals surface area (Å²) in [6.45, 7) is -0.0320. The summed E-state index contributed by atoms with van der Waals surface area (Å²) in [5.41, 5.74) is 0. The number of carbonyl (C=O) groups excluding carboxylic acids is 2. The van der Waals surface area contributed by atoms with E-state index in [1.54, 1.807) is 0 Å². The van der Waals surface area contributed by atoms with Crippen LogP contribution in [-0.2, 0) is 14.3 Å². The Morgan fingerprint density at radius 3 is 2.85 bits per heavy atom. The van der Waals surface area contributed by atoms with Crippen molar-refractivity contribution in [3.63, 3.8) is 0 Å². The molecular weight excluding hydrogens is 174 g/mol. The number of rotatable bonds is 4. The van der Waals surface area contributed by atoms with Crippen molar-refractivity contribution >= 4 is 11.9 Å². The molecule has 1 aliphatic rings. The topological polar surface area (TPSA) is 75.6 Å². The Bertz CT molecular complexity index is 214. The Morgan fingerprint density at radius 1 is 1.69 bits per heavy atom. The minimum absolute atomic E-state index is 0.0320. The Morgan fingerprint density at radius 2 is 2.38 bits per heavy atom. The van der Waals surface area contributed by atoms with E-state index in [1.165, 1.54) is 7.11 Å². The quantitative estimate of drug-likeness (QED) is 0.439. The Hall–Kier alpha value is -1.10. The number of hydrogen-bond acceptors (Lipinski definition) is 4. The minimum atomic E-state index is -0.340. The molecule has 1 saturated heterocycles. The van der Waals surface area contributed by atoms with Crippen LogP contribution < -0.4 is 5.32 Å². The van der Waals surface area contributed by atoms with E-state index in [-0.39, 0.29) is 36.9 Å². The number of ether oxygens (including phenoxy) is 1. The van der Waals surface area contributed by atoms with E-state index >= 15 is 0 Å². The van der Waals surface area contributed by atoms with Gasteiger partial charge in [-0.05, 0) is 6.42 Å². The molecule has 0 aromatic heterocycles. The number of amides is 1. The van der Waals surface area contributed by atoms with Crippen molar-refractivity contribution in [1.29, 1.82) is 0 Å². The van der Waals surface area contributed by atoms with Gasteiger partial charge in [0.2, 0.25) is 5.91 Å². The zero-order valence-corrected chi connectivity index (χ0v) is 7.45. The van der Waals surface area contributed by atoms with Gasteiger partial charge in [0.15, 0.2) is 0 Å². The summed E-state index contributed by atoms with van der Waals surface area (Å²) in [7, 11) is 1.31. The van der Waals surface area contributed by atoms with Crippen LogP contribution in [0.4, 0.5) is 0 Å². The van der Waals surface area contributed by atoms with Crippen molar-refractivity contribution < 1.29 is 19.4 Å². The number of methoxy groups -OCH3 is 1. The second-order valence-electron chi connectivity index (χ2n) is 3.01. The molecular formula is C8H13NO4. The van der Waals surface area contributed by atoms with Gasteiger partial charge in [-0.25, -0.2) is 0 Å². The predicted molar refractivity (Wildman–Crippen MR) is 43.8 cm³/mol. The van der Waals surface area contributed by atoms with Gasteiger partial charge in [0.25, 0.3) is 0 Å². The van der Waals surface area contributed by atoms with E-state index < -0.39 is 0 Å². The molecule has 5 nitrogen and oxygen atoms in total. The molecule has 5 heteroatoms. The van der Waals surface area contributed by atoms with Crippen LogP contribution in [0.25, 0.3) is 0 Å².